The van der Waals surface area contributed by atoms with E-state index in [2.05, 4.69) is 4.98 Å². The van der Waals surface area contributed by atoms with E-state index < -0.39 is 16.0 Å². The Morgan fingerprint density at radius 3 is 2.45 bits per heavy atom. The maximum Gasteiger partial charge on any atom is 0.339 e. The lowest BCUT2D eigenvalue weighted by Crippen LogP contribution is -2.14. The van der Waals surface area contributed by atoms with E-state index in [1.807, 2.05) is 31.2 Å². The Bertz CT molecular complexity index is 1190. The molecule has 0 N–H and O–H groups in total. The molecule has 1 aliphatic carbocycles. The number of benzene rings is 1. The van der Waals surface area contributed by atoms with Gasteiger partial charge in [0.05, 0.1) is 18.4 Å². The number of carbonyl (C=O) groups excluding carboxylic acids is 1. The van der Waals surface area contributed by atoms with Crippen molar-refractivity contribution >= 4 is 16.0 Å². The number of esters is 1. The van der Waals surface area contributed by atoms with Crippen molar-refractivity contribution in [3.63, 3.8) is 0 Å². The van der Waals surface area contributed by atoms with Gasteiger partial charge in [-0.25, -0.2) is 17.2 Å². The third-order valence-corrected chi connectivity index (χ3v) is 6.89. The predicted molar refractivity (Wildman–Crippen MR) is 109 cm³/mol. The lowest BCUT2D eigenvalue weighted by atomic mass is 9.98. The molecule has 1 saturated carbocycles. The Labute approximate surface area is 170 Å². The van der Waals surface area contributed by atoms with Crippen LogP contribution in [0.4, 0.5) is 0 Å². The molecule has 1 aliphatic rings. The molecule has 150 valence electrons. The summed E-state index contributed by atoms with van der Waals surface area (Å²) in [6.45, 7) is 3.73. The number of nitrogens with zero attached hydrogens (tertiary/aromatic N) is 2. The normalized spacial score (nSPS) is 14.0. The van der Waals surface area contributed by atoms with Crippen molar-refractivity contribution in [3.05, 3.63) is 71.2 Å². The Morgan fingerprint density at radius 2 is 1.86 bits per heavy atom. The topological polar surface area (TPSA) is 78.3 Å². The fourth-order valence-corrected chi connectivity index (χ4v) is 4.90. The first-order chi connectivity index (χ1) is 13.8. The molecule has 0 atom stereocenters. The van der Waals surface area contributed by atoms with Crippen molar-refractivity contribution < 1.29 is 17.9 Å². The minimum Gasteiger partial charge on any atom is -0.465 e. The molecule has 6 nitrogen and oxygen atoms in total. The number of methoxy groups -OCH3 is 1. The molecule has 0 spiro atoms. The van der Waals surface area contributed by atoms with Gasteiger partial charge in [0.2, 0.25) is 0 Å². The van der Waals surface area contributed by atoms with Crippen LogP contribution < -0.4 is 0 Å². The third-order valence-electron chi connectivity index (χ3n) is 5.24. The van der Waals surface area contributed by atoms with Crippen molar-refractivity contribution in [1.82, 2.24) is 8.96 Å². The van der Waals surface area contributed by atoms with Gasteiger partial charge in [-0.15, -0.1) is 0 Å². The summed E-state index contributed by atoms with van der Waals surface area (Å²) in [4.78, 5) is 16.7. The second-order valence-corrected chi connectivity index (χ2v) is 9.14. The lowest BCUT2D eigenvalue weighted by molar-refractivity contribution is 0.0599. The number of pyridine rings is 1. The molecule has 1 fully saturated rings. The van der Waals surface area contributed by atoms with E-state index in [0.717, 1.165) is 35.2 Å². The largest absolute Gasteiger partial charge is 0.465 e. The minimum absolute atomic E-state index is 0.0756. The SMILES string of the molecule is COC(=O)c1cn(S(=O)(=O)c2ccc(C)nc2)c(-c2ccccc2C)c1C1CC1. The van der Waals surface area contributed by atoms with Crippen LogP contribution in [0.15, 0.2) is 53.7 Å². The molecule has 0 amide bonds. The van der Waals surface area contributed by atoms with Crippen LogP contribution in [0, 0.1) is 13.8 Å². The molecule has 3 aromatic rings. The molecular weight excluding hydrogens is 388 g/mol. The Kier molecular flexibility index (Phi) is 4.78. The van der Waals surface area contributed by atoms with Crippen molar-refractivity contribution in [2.24, 2.45) is 0 Å². The molecule has 7 heteroatoms. The van der Waals surface area contributed by atoms with E-state index in [-0.39, 0.29) is 10.8 Å². The monoisotopic (exact) mass is 410 g/mol. The Morgan fingerprint density at radius 1 is 1.14 bits per heavy atom. The summed E-state index contributed by atoms with van der Waals surface area (Å²) >= 11 is 0. The molecule has 0 aliphatic heterocycles. The van der Waals surface area contributed by atoms with Gasteiger partial charge in [-0.1, -0.05) is 24.3 Å². The zero-order chi connectivity index (χ0) is 20.8. The number of hydrogen-bond donors (Lipinski definition) is 0. The van der Waals surface area contributed by atoms with Gasteiger partial charge in [0.25, 0.3) is 10.0 Å². The Balaban J connectivity index is 2.04. The van der Waals surface area contributed by atoms with Gasteiger partial charge in [-0.2, -0.15) is 0 Å². The third kappa shape index (κ3) is 3.35. The summed E-state index contributed by atoms with van der Waals surface area (Å²) < 4.78 is 33.3. The maximum atomic E-state index is 13.5. The number of hydrogen-bond acceptors (Lipinski definition) is 5. The second kappa shape index (κ2) is 7.15. The van der Waals surface area contributed by atoms with Crippen LogP contribution in [-0.2, 0) is 14.8 Å². The zero-order valence-corrected chi connectivity index (χ0v) is 17.4. The molecule has 0 radical (unpaired) electrons. The summed E-state index contributed by atoms with van der Waals surface area (Å²) in [5.41, 5.74) is 4.03. The van der Waals surface area contributed by atoms with Crippen LogP contribution in [0.25, 0.3) is 11.3 Å². The highest BCUT2D eigenvalue weighted by Gasteiger charge is 2.37. The first-order valence-electron chi connectivity index (χ1n) is 9.42. The van der Waals surface area contributed by atoms with E-state index >= 15 is 0 Å². The molecule has 4 rings (SSSR count). The highest BCUT2D eigenvalue weighted by molar-refractivity contribution is 7.90. The number of ether oxygens (including phenoxy) is 1. The van der Waals surface area contributed by atoms with Crippen molar-refractivity contribution in [1.29, 1.82) is 0 Å². The van der Waals surface area contributed by atoms with E-state index in [1.165, 1.54) is 29.5 Å². The quantitative estimate of drug-likeness (QED) is 0.593. The minimum atomic E-state index is -3.95. The summed E-state index contributed by atoms with van der Waals surface area (Å²) in [5.74, 6) is -0.385. The average Bonchev–Trinajstić information content (AvgIpc) is 3.47. The number of rotatable bonds is 5. The maximum absolute atomic E-state index is 13.5. The van der Waals surface area contributed by atoms with E-state index in [9.17, 15) is 13.2 Å². The fraction of sp³-hybridized carbons (Fsp3) is 0.273. The molecule has 0 bridgehead atoms. The van der Waals surface area contributed by atoms with Gasteiger partial charge in [0.15, 0.2) is 0 Å². The summed E-state index contributed by atoms with van der Waals surface area (Å²) in [5, 5.41) is 0. The van der Waals surface area contributed by atoms with Crippen molar-refractivity contribution in [2.45, 2.75) is 37.5 Å². The van der Waals surface area contributed by atoms with Gasteiger partial charge < -0.3 is 4.74 Å². The van der Waals surface area contributed by atoms with Crippen LogP contribution in [0.5, 0.6) is 0 Å². The van der Waals surface area contributed by atoms with Gasteiger partial charge in [0, 0.05) is 23.7 Å². The van der Waals surface area contributed by atoms with Gasteiger partial charge in [-0.3, -0.25) is 4.98 Å². The van der Waals surface area contributed by atoms with Crippen molar-refractivity contribution in [3.8, 4) is 11.3 Å². The van der Waals surface area contributed by atoms with Crippen LogP contribution in [0.3, 0.4) is 0 Å². The molecule has 0 unspecified atom stereocenters. The van der Waals surface area contributed by atoms with Crippen LogP contribution >= 0.6 is 0 Å². The lowest BCUT2D eigenvalue weighted by Gasteiger charge is -2.14. The van der Waals surface area contributed by atoms with Crippen LogP contribution in [0.2, 0.25) is 0 Å². The van der Waals surface area contributed by atoms with Crippen molar-refractivity contribution in [2.75, 3.05) is 7.11 Å². The Hall–Kier alpha value is -2.93. The van der Waals surface area contributed by atoms with Gasteiger partial charge >= 0.3 is 5.97 Å². The molecule has 2 aromatic heterocycles. The van der Waals surface area contributed by atoms with Gasteiger partial charge in [0.1, 0.15) is 4.90 Å². The first kappa shape index (κ1) is 19.4. The molecule has 2 heterocycles. The number of aromatic nitrogens is 2. The molecular formula is C22H22N2O4S. The standard InChI is InChI=1S/C22H22N2O4S/c1-14-6-4-5-7-18(14)21-20(16-9-10-16)19(22(25)28-3)13-24(21)29(26,27)17-11-8-15(2)23-12-17/h4-8,11-13,16H,9-10H2,1-3H3. The first-order valence-corrected chi connectivity index (χ1v) is 10.9. The van der Waals surface area contributed by atoms with E-state index in [1.54, 1.807) is 13.0 Å². The predicted octanol–water partition coefficient (Wildman–Crippen LogP) is 4.07. The summed E-state index contributed by atoms with van der Waals surface area (Å²) in [7, 11) is -2.65. The smallest absolute Gasteiger partial charge is 0.339 e. The summed E-state index contributed by atoms with van der Waals surface area (Å²) in [6, 6.07) is 10.8. The van der Waals surface area contributed by atoms with Crippen LogP contribution in [-0.4, -0.2) is 30.5 Å². The van der Waals surface area contributed by atoms with Crippen LogP contribution in [0.1, 0.15) is 45.9 Å². The van der Waals surface area contributed by atoms with E-state index in [0.29, 0.717) is 11.3 Å². The fourth-order valence-electron chi connectivity index (χ4n) is 3.57. The summed E-state index contributed by atoms with van der Waals surface area (Å²) in [6.07, 6.45) is 4.58. The highest BCUT2D eigenvalue weighted by Crippen LogP contribution is 2.48. The molecule has 0 saturated heterocycles. The average molecular weight is 410 g/mol. The van der Waals surface area contributed by atoms with Gasteiger partial charge in [-0.05, 0) is 55.9 Å². The second-order valence-electron chi connectivity index (χ2n) is 7.32. The zero-order valence-electron chi connectivity index (χ0n) is 16.5. The number of carbonyl (C=O) groups is 1. The number of aryl methyl sites for hydroxylation is 2. The van der Waals surface area contributed by atoms with E-state index in [4.69, 9.17) is 4.74 Å². The molecule has 1 aromatic carbocycles. The molecule has 29 heavy (non-hydrogen) atoms. The highest BCUT2D eigenvalue weighted by atomic mass is 32.2.